The van der Waals surface area contributed by atoms with E-state index in [-0.39, 0.29) is 11.0 Å². The zero-order chi connectivity index (χ0) is 19.6. The van der Waals surface area contributed by atoms with E-state index >= 15 is 0 Å². The maximum absolute atomic E-state index is 13.7. The molecule has 0 spiro atoms. The lowest BCUT2D eigenvalue weighted by Crippen LogP contribution is -2.17. The van der Waals surface area contributed by atoms with E-state index < -0.39 is 11.8 Å². The molecule has 3 aromatic rings. The number of aromatic carboxylic acids is 1. The van der Waals surface area contributed by atoms with E-state index in [0.717, 1.165) is 11.3 Å². The number of carboxylic acids is 1. The van der Waals surface area contributed by atoms with E-state index in [2.05, 4.69) is 15.3 Å². The van der Waals surface area contributed by atoms with Crippen LogP contribution < -0.4 is 15.8 Å². The van der Waals surface area contributed by atoms with Crippen molar-refractivity contribution in [3.05, 3.63) is 40.8 Å². The standard InChI is InChI=1S/C18H19FN4O3S/c1-9(5-6-20)26-13-7-11(19)3-4-12(13)23-16-14-10(2)15(18(24)25)27-17(14)22-8-21-16/h3-4,7-9H,5-6,20H2,1-2H3,(H,24,25)(H,21,22,23). The number of carboxylic acid groups (broad SMARTS) is 1. The topological polar surface area (TPSA) is 110 Å². The van der Waals surface area contributed by atoms with Gasteiger partial charge in [-0.25, -0.2) is 19.2 Å². The van der Waals surface area contributed by atoms with Crippen molar-refractivity contribution in [2.45, 2.75) is 26.4 Å². The summed E-state index contributed by atoms with van der Waals surface area (Å²) in [5, 5.41) is 13.1. The molecule has 0 aliphatic rings. The smallest absolute Gasteiger partial charge is 0.346 e. The molecule has 0 radical (unpaired) electrons. The van der Waals surface area contributed by atoms with Crippen molar-refractivity contribution in [3.63, 3.8) is 0 Å². The second kappa shape index (κ2) is 7.85. The quantitative estimate of drug-likeness (QED) is 0.564. The van der Waals surface area contributed by atoms with Gasteiger partial charge in [0, 0.05) is 6.07 Å². The first-order chi connectivity index (χ1) is 12.9. The minimum Gasteiger partial charge on any atom is -0.488 e. The largest absolute Gasteiger partial charge is 0.488 e. The summed E-state index contributed by atoms with van der Waals surface area (Å²) < 4.78 is 19.5. The zero-order valence-electron chi connectivity index (χ0n) is 14.8. The summed E-state index contributed by atoms with van der Waals surface area (Å²) in [5.41, 5.74) is 6.64. The van der Waals surface area contributed by atoms with Crippen LogP contribution in [-0.2, 0) is 0 Å². The fourth-order valence-corrected chi connectivity index (χ4v) is 3.69. The molecule has 27 heavy (non-hydrogen) atoms. The molecule has 0 amide bonds. The van der Waals surface area contributed by atoms with Gasteiger partial charge in [-0.2, -0.15) is 0 Å². The Hall–Kier alpha value is -2.78. The van der Waals surface area contributed by atoms with Crippen LogP contribution in [0.15, 0.2) is 24.5 Å². The molecule has 0 bridgehead atoms. The van der Waals surface area contributed by atoms with E-state index in [1.807, 2.05) is 6.92 Å². The minimum atomic E-state index is -1.01. The molecule has 1 unspecified atom stereocenters. The molecule has 3 rings (SSSR count). The lowest BCUT2D eigenvalue weighted by Gasteiger charge is -2.18. The third-order valence-corrected chi connectivity index (χ3v) is 5.21. The highest BCUT2D eigenvalue weighted by atomic mass is 32.1. The minimum absolute atomic E-state index is 0.190. The molecule has 0 saturated carbocycles. The van der Waals surface area contributed by atoms with E-state index in [0.29, 0.717) is 46.0 Å². The molecular formula is C18H19FN4O3S. The van der Waals surface area contributed by atoms with Crippen LogP contribution in [0.25, 0.3) is 10.2 Å². The fourth-order valence-electron chi connectivity index (χ4n) is 2.71. The van der Waals surface area contributed by atoms with E-state index in [1.54, 1.807) is 13.0 Å². The average Bonchev–Trinajstić information content (AvgIpc) is 2.95. The Morgan fingerprint density at radius 3 is 2.93 bits per heavy atom. The molecule has 2 aromatic heterocycles. The highest BCUT2D eigenvalue weighted by Gasteiger charge is 2.19. The predicted octanol–water partition coefficient (Wildman–Crippen LogP) is 3.70. The van der Waals surface area contributed by atoms with Gasteiger partial charge in [-0.05, 0) is 44.5 Å². The van der Waals surface area contributed by atoms with Crippen molar-refractivity contribution < 1.29 is 19.0 Å². The molecule has 9 heteroatoms. The van der Waals surface area contributed by atoms with Gasteiger partial charge in [-0.1, -0.05) is 0 Å². The highest BCUT2D eigenvalue weighted by molar-refractivity contribution is 7.20. The maximum Gasteiger partial charge on any atom is 0.346 e. The SMILES string of the molecule is Cc1c(C(=O)O)sc2ncnc(Nc3ccc(F)cc3OC(C)CCN)c12. The van der Waals surface area contributed by atoms with Crippen molar-refractivity contribution in [1.29, 1.82) is 0 Å². The van der Waals surface area contributed by atoms with Crippen molar-refractivity contribution in [2.24, 2.45) is 5.73 Å². The lowest BCUT2D eigenvalue weighted by molar-refractivity contribution is 0.0701. The van der Waals surface area contributed by atoms with Crippen molar-refractivity contribution in [1.82, 2.24) is 9.97 Å². The molecule has 1 atom stereocenters. The molecule has 142 valence electrons. The van der Waals surface area contributed by atoms with Crippen LogP contribution in [0.5, 0.6) is 5.75 Å². The van der Waals surface area contributed by atoms with Gasteiger partial charge in [0.05, 0.1) is 17.2 Å². The summed E-state index contributed by atoms with van der Waals surface area (Å²) in [7, 11) is 0. The average molecular weight is 390 g/mol. The number of hydrogen-bond donors (Lipinski definition) is 3. The number of fused-ring (bicyclic) bond motifs is 1. The van der Waals surface area contributed by atoms with Crippen LogP contribution in [0.3, 0.4) is 0 Å². The summed E-state index contributed by atoms with van der Waals surface area (Å²) in [6.45, 7) is 4.02. The first-order valence-corrected chi connectivity index (χ1v) is 9.13. The summed E-state index contributed by atoms with van der Waals surface area (Å²) in [6.07, 6.45) is 1.79. The molecule has 4 N–H and O–H groups in total. The molecule has 7 nitrogen and oxygen atoms in total. The number of ether oxygens (including phenoxy) is 1. The monoisotopic (exact) mass is 390 g/mol. The number of aromatic nitrogens is 2. The van der Waals surface area contributed by atoms with Gasteiger partial charge >= 0.3 is 5.97 Å². The van der Waals surface area contributed by atoms with Gasteiger partial charge in [0.25, 0.3) is 0 Å². The number of nitrogens with two attached hydrogens (primary N) is 1. The zero-order valence-corrected chi connectivity index (χ0v) is 15.6. The summed E-state index contributed by atoms with van der Waals surface area (Å²) in [4.78, 5) is 20.6. The number of nitrogens with zero attached hydrogens (tertiary/aromatic N) is 2. The molecule has 0 saturated heterocycles. The van der Waals surface area contributed by atoms with E-state index in [9.17, 15) is 14.3 Å². The predicted molar refractivity (Wildman–Crippen MR) is 103 cm³/mol. The number of nitrogens with one attached hydrogen (secondary N) is 1. The number of hydrogen-bond acceptors (Lipinski definition) is 7. The fraction of sp³-hybridized carbons (Fsp3) is 0.278. The first kappa shape index (κ1) is 19.0. The van der Waals surface area contributed by atoms with Crippen molar-refractivity contribution >= 4 is 39.0 Å². The van der Waals surface area contributed by atoms with E-state index in [4.69, 9.17) is 10.5 Å². The number of rotatable bonds is 7. The van der Waals surface area contributed by atoms with Crippen molar-refractivity contribution in [2.75, 3.05) is 11.9 Å². The molecular weight excluding hydrogens is 371 g/mol. The van der Waals surface area contributed by atoms with E-state index in [1.165, 1.54) is 18.5 Å². The highest BCUT2D eigenvalue weighted by Crippen LogP contribution is 2.36. The Bertz CT molecular complexity index is 992. The van der Waals surface area contributed by atoms with Crippen LogP contribution in [0.1, 0.15) is 28.6 Å². The number of anilines is 2. The molecule has 1 aromatic carbocycles. The second-order valence-electron chi connectivity index (χ2n) is 6.04. The van der Waals surface area contributed by atoms with Crippen LogP contribution in [0.4, 0.5) is 15.9 Å². The third-order valence-electron chi connectivity index (χ3n) is 4.02. The molecule has 2 heterocycles. The second-order valence-corrected chi connectivity index (χ2v) is 7.03. The van der Waals surface area contributed by atoms with Crippen LogP contribution in [0.2, 0.25) is 0 Å². The third kappa shape index (κ3) is 3.99. The van der Waals surface area contributed by atoms with Gasteiger partial charge in [0.15, 0.2) is 0 Å². The van der Waals surface area contributed by atoms with Crippen molar-refractivity contribution in [3.8, 4) is 5.75 Å². The van der Waals surface area contributed by atoms with Crippen LogP contribution in [-0.4, -0.2) is 33.7 Å². The van der Waals surface area contributed by atoms with Gasteiger partial charge < -0.3 is 20.9 Å². The Morgan fingerprint density at radius 2 is 2.22 bits per heavy atom. The van der Waals surface area contributed by atoms with Gasteiger partial charge in [0.2, 0.25) is 0 Å². The number of aryl methyl sites for hydroxylation is 1. The Labute approximate surface area is 159 Å². The van der Waals surface area contributed by atoms with Gasteiger partial charge in [0.1, 0.15) is 33.4 Å². The lowest BCUT2D eigenvalue weighted by atomic mass is 10.2. The Balaban J connectivity index is 2.02. The Morgan fingerprint density at radius 1 is 1.44 bits per heavy atom. The first-order valence-electron chi connectivity index (χ1n) is 8.31. The number of halogens is 1. The molecule has 0 aliphatic carbocycles. The van der Waals surface area contributed by atoms with Crippen LogP contribution >= 0.6 is 11.3 Å². The molecule has 0 fully saturated rings. The number of carbonyl (C=O) groups is 1. The maximum atomic E-state index is 13.7. The summed E-state index contributed by atoms with van der Waals surface area (Å²) in [6, 6.07) is 4.15. The molecule has 0 aliphatic heterocycles. The Kier molecular flexibility index (Phi) is 5.52. The normalized spacial score (nSPS) is 12.1. The summed E-state index contributed by atoms with van der Waals surface area (Å²) in [5.74, 6) is -0.677. The van der Waals surface area contributed by atoms with Crippen LogP contribution in [0, 0.1) is 12.7 Å². The summed E-state index contributed by atoms with van der Waals surface area (Å²) >= 11 is 1.08. The number of thiophene rings is 1. The van der Waals surface area contributed by atoms with Gasteiger partial charge in [-0.3, -0.25) is 0 Å². The number of benzene rings is 1. The van der Waals surface area contributed by atoms with Gasteiger partial charge in [-0.15, -0.1) is 11.3 Å².